The summed E-state index contributed by atoms with van der Waals surface area (Å²) in [4.78, 5) is 25.2. The van der Waals surface area contributed by atoms with Gasteiger partial charge in [0.1, 0.15) is 5.82 Å². The number of carbonyl (C=O) groups is 2. The van der Waals surface area contributed by atoms with Gasteiger partial charge in [-0.3, -0.25) is 9.59 Å². The lowest BCUT2D eigenvalue weighted by Crippen LogP contribution is -2.26. The molecule has 3 aromatic rings. The smallest absolute Gasteiger partial charge is 0.311 e. The van der Waals surface area contributed by atoms with Gasteiger partial charge in [0.15, 0.2) is 0 Å². The zero-order chi connectivity index (χ0) is 19.9. The Hall–Kier alpha value is -3.47. The van der Waals surface area contributed by atoms with Gasteiger partial charge in [-0.2, -0.15) is 0 Å². The van der Waals surface area contributed by atoms with Crippen LogP contribution in [0.2, 0.25) is 0 Å². The number of hydrogen-bond donors (Lipinski definition) is 1. The maximum atomic E-state index is 13.0. The van der Waals surface area contributed by atoms with E-state index in [1.165, 1.54) is 24.3 Å². The summed E-state index contributed by atoms with van der Waals surface area (Å²) in [7, 11) is 0. The standard InChI is InChI=1S/C23H20FNO3/c1-16-7-13-20(14-8-16)25-23(27)22(18-5-3-2-4-6-18)28-21(26)15-17-9-11-19(24)12-10-17/h2-14,22H,15H2,1H3,(H,25,27). The minimum absolute atomic E-state index is 0.0541. The van der Waals surface area contributed by atoms with Crippen LogP contribution < -0.4 is 5.32 Å². The predicted molar refractivity (Wildman–Crippen MR) is 105 cm³/mol. The molecule has 142 valence electrons. The lowest BCUT2D eigenvalue weighted by molar-refractivity contribution is -0.154. The van der Waals surface area contributed by atoms with Gasteiger partial charge in [-0.25, -0.2) is 4.39 Å². The highest BCUT2D eigenvalue weighted by Gasteiger charge is 2.25. The first-order valence-electron chi connectivity index (χ1n) is 8.87. The molecule has 28 heavy (non-hydrogen) atoms. The van der Waals surface area contributed by atoms with Gasteiger partial charge in [0, 0.05) is 11.3 Å². The van der Waals surface area contributed by atoms with Crippen molar-refractivity contribution in [1.82, 2.24) is 0 Å². The first kappa shape index (κ1) is 19.3. The number of halogens is 1. The molecule has 0 spiro atoms. The van der Waals surface area contributed by atoms with Crippen molar-refractivity contribution in [3.8, 4) is 0 Å². The Morgan fingerprint density at radius 1 is 0.929 bits per heavy atom. The van der Waals surface area contributed by atoms with Crippen molar-refractivity contribution in [1.29, 1.82) is 0 Å². The molecule has 3 aromatic carbocycles. The number of hydrogen-bond acceptors (Lipinski definition) is 3. The van der Waals surface area contributed by atoms with Crippen molar-refractivity contribution in [2.24, 2.45) is 0 Å². The second kappa shape index (κ2) is 8.95. The molecule has 1 unspecified atom stereocenters. The fourth-order valence-electron chi connectivity index (χ4n) is 2.69. The van der Waals surface area contributed by atoms with E-state index in [9.17, 15) is 14.0 Å². The van der Waals surface area contributed by atoms with E-state index in [4.69, 9.17) is 4.74 Å². The van der Waals surface area contributed by atoms with Crippen molar-refractivity contribution in [3.05, 3.63) is 101 Å². The predicted octanol–water partition coefficient (Wildman–Crippen LogP) is 4.60. The Morgan fingerprint density at radius 2 is 1.57 bits per heavy atom. The lowest BCUT2D eigenvalue weighted by atomic mass is 10.1. The zero-order valence-corrected chi connectivity index (χ0v) is 15.4. The zero-order valence-electron chi connectivity index (χ0n) is 15.4. The van der Waals surface area contributed by atoms with Gasteiger partial charge in [-0.15, -0.1) is 0 Å². The van der Waals surface area contributed by atoms with Crippen LogP contribution in [-0.2, 0) is 20.7 Å². The average Bonchev–Trinajstić information content (AvgIpc) is 2.70. The minimum atomic E-state index is -1.09. The molecule has 0 radical (unpaired) electrons. The third-order valence-electron chi connectivity index (χ3n) is 4.17. The van der Waals surface area contributed by atoms with Gasteiger partial charge in [0.25, 0.3) is 5.91 Å². The van der Waals surface area contributed by atoms with Crippen molar-refractivity contribution < 1.29 is 18.7 Å². The monoisotopic (exact) mass is 377 g/mol. The maximum absolute atomic E-state index is 13.0. The van der Waals surface area contributed by atoms with Crippen molar-refractivity contribution in [3.63, 3.8) is 0 Å². The Balaban J connectivity index is 1.75. The summed E-state index contributed by atoms with van der Waals surface area (Å²) < 4.78 is 18.5. The molecule has 0 bridgehead atoms. The summed E-state index contributed by atoms with van der Waals surface area (Å²) in [5.41, 5.74) is 2.87. The van der Waals surface area contributed by atoms with Crippen LogP contribution in [0.4, 0.5) is 10.1 Å². The third-order valence-corrected chi connectivity index (χ3v) is 4.17. The number of nitrogens with one attached hydrogen (secondary N) is 1. The van der Waals surface area contributed by atoms with Crippen molar-refractivity contribution in [2.45, 2.75) is 19.4 Å². The van der Waals surface area contributed by atoms with Gasteiger partial charge in [0.05, 0.1) is 6.42 Å². The molecular formula is C23H20FNO3. The molecule has 0 aliphatic carbocycles. The Bertz CT molecular complexity index is 938. The number of aryl methyl sites for hydroxylation is 1. The normalized spacial score (nSPS) is 11.5. The highest BCUT2D eigenvalue weighted by atomic mass is 19.1. The first-order valence-corrected chi connectivity index (χ1v) is 8.87. The minimum Gasteiger partial charge on any atom is -0.447 e. The Morgan fingerprint density at radius 3 is 2.21 bits per heavy atom. The van der Waals surface area contributed by atoms with Crippen molar-refractivity contribution in [2.75, 3.05) is 5.32 Å². The molecule has 0 saturated heterocycles. The van der Waals surface area contributed by atoms with Crippen LogP contribution in [0, 0.1) is 12.7 Å². The van der Waals surface area contributed by atoms with E-state index < -0.39 is 18.0 Å². The first-order chi connectivity index (χ1) is 13.5. The van der Waals surface area contributed by atoms with Crippen LogP contribution in [-0.4, -0.2) is 11.9 Å². The molecular weight excluding hydrogens is 357 g/mol. The number of amides is 1. The van der Waals surface area contributed by atoms with Crippen LogP contribution in [0.25, 0.3) is 0 Å². The summed E-state index contributed by atoms with van der Waals surface area (Å²) in [6.45, 7) is 1.95. The molecule has 1 N–H and O–H groups in total. The molecule has 3 rings (SSSR count). The van der Waals surface area contributed by atoms with Crippen molar-refractivity contribution >= 4 is 17.6 Å². The van der Waals surface area contributed by atoms with E-state index in [-0.39, 0.29) is 12.2 Å². The van der Waals surface area contributed by atoms with Gasteiger partial charge >= 0.3 is 5.97 Å². The summed E-state index contributed by atoms with van der Waals surface area (Å²) in [5, 5.41) is 2.78. The molecule has 5 heteroatoms. The van der Waals surface area contributed by atoms with Crippen LogP contribution in [0.3, 0.4) is 0 Å². The second-order valence-corrected chi connectivity index (χ2v) is 6.44. The SMILES string of the molecule is Cc1ccc(NC(=O)C(OC(=O)Cc2ccc(F)cc2)c2ccccc2)cc1. The summed E-state index contributed by atoms with van der Waals surface area (Å²) in [5.74, 6) is -1.39. The second-order valence-electron chi connectivity index (χ2n) is 6.44. The average molecular weight is 377 g/mol. The molecule has 0 aromatic heterocycles. The lowest BCUT2D eigenvalue weighted by Gasteiger charge is -2.18. The van der Waals surface area contributed by atoms with E-state index >= 15 is 0 Å². The van der Waals surface area contributed by atoms with Crippen LogP contribution >= 0.6 is 0 Å². The number of rotatable bonds is 6. The highest BCUT2D eigenvalue weighted by molar-refractivity contribution is 5.96. The molecule has 1 atom stereocenters. The molecule has 1 amide bonds. The Labute approximate surface area is 163 Å². The molecule has 0 aliphatic rings. The van der Waals surface area contributed by atoms with Crippen LogP contribution in [0.5, 0.6) is 0 Å². The highest BCUT2D eigenvalue weighted by Crippen LogP contribution is 2.21. The number of ether oxygens (including phenoxy) is 1. The summed E-state index contributed by atoms with van der Waals surface area (Å²) in [6.07, 6.45) is -1.14. The van der Waals surface area contributed by atoms with Crippen LogP contribution in [0.1, 0.15) is 22.8 Å². The summed E-state index contributed by atoms with van der Waals surface area (Å²) >= 11 is 0. The van der Waals surface area contributed by atoms with Gasteiger partial charge in [-0.1, -0.05) is 60.2 Å². The Kier molecular flexibility index (Phi) is 6.17. The number of benzene rings is 3. The molecule has 0 fully saturated rings. The van der Waals surface area contributed by atoms with Gasteiger partial charge < -0.3 is 10.1 Å². The number of esters is 1. The topological polar surface area (TPSA) is 55.4 Å². The maximum Gasteiger partial charge on any atom is 0.311 e. The van der Waals surface area contributed by atoms with E-state index in [0.717, 1.165) is 5.56 Å². The molecule has 4 nitrogen and oxygen atoms in total. The number of anilines is 1. The molecule has 0 aliphatic heterocycles. The molecule has 0 heterocycles. The molecule has 0 saturated carbocycles. The summed E-state index contributed by atoms with van der Waals surface area (Å²) in [6, 6.07) is 21.7. The van der Waals surface area contributed by atoms with E-state index in [2.05, 4.69) is 5.32 Å². The van der Waals surface area contributed by atoms with Gasteiger partial charge in [0.2, 0.25) is 6.10 Å². The van der Waals surface area contributed by atoms with Gasteiger partial charge in [-0.05, 0) is 36.8 Å². The third kappa shape index (κ3) is 5.27. The van der Waals surface area contributed by atoms with Crippen LogP contribution in [0.15, 0.2) is 78.9 Å². The fourth-order valence-corrected chi connectivity index (χ4v) is 2.69. The number of carbonyl (C=O) groups excluding carboxylic acids is 2. The fraction of sp³-hybridized carbons (Fsp3) is 0.130. The van der Waals surface area contributed by atoms with E-state index in [0.29, 0.717) is 16.8 Å². The largest absolute Gasteiger partial charge is 0.447 e. The van der Waals surface area contributed by atoms with E-state index in [1.807, 2.05) is 25.1 Å². The quantitative estimate of drug-likeness (QED) is 0.639. The van der Waals surface area contributed by atoms with E-state index in [1.54, 1.807) is 36.4 Å².